The molecular formula is C16H16N4O2S2. The van der Waals surface area contributed by atoms with Gasteiger partial charge in [0, 0.05) is 31.3 Å². The first kappa shape index (κ1) is 15.5. The summed E-state index contributed by atoms with van der Waals surface area (Å²) in [7, 11) is 1.77. The van der Waals surface area contributed by atoms with Crippen LogP contribution in [0, 0.1) is 0 Å². The molecule has 3 heterocycles. The lowest BCUT2D eigenvalue weighted by molar-refractivity contribution is 0.0791. The molecule has 4 rings (SSSR count). The van der Waals surface area contributed by atoms with Gasteiger partial charge in [0.25, 0.3) is 5.91 Å². The van der Waals surface area contributed by atoms with Crippen LogP contribution in [-0.2, 0) is 6.42 Å². The molecule has 6 nitrogen and oxygen atoms in total. The predicted octanol–water partition coefficient (Wildman–Crippen LogP) is 3.45. The highest BCUT2D eigenvalue weighted by Crippen LogP contribution is 2.38. The smallest absolute Gasteiger partial charge is 0.273 e. The third-order valence-corrected chi connectivity index (χ3v) is 5.76. The van der Waals surface area contributed by atoms with Gasteiger partial charge in [-0.25, -0.2) is 4.98 Å². The fraction of sp³-hybridized carbons (Fsp3) is 0.375. The number of thiazole rings is 1. The summed E-state index contributed by atoms with van der Waals surface area (Å²) in [5, 5.41) is 8.68. The van der Waals surface area contributed by atoms with E-state index in [1.807, 2.05) is 22.9 Å². The number of amides is 1. The van der Waals surface area contributed by atoms with E-state index in [0.717, 1.165) is 28.6 Å². The summed E-state index contributed by atoms with van der Waals surface area (Å²) in [6.07, 6.45) is 2.85. The average Bonchev–Trinajstić information content (AvgIpc) is 3.05. The molecule has 8 heteroatoms. The second-order valence-corrected chi connectivity index (χ2v) is 7.62. The zero-order chi connectivity index (χ0) is 16.5. The summed E-state index contributed by atoms with van der Waals surface area (Å²) in [6, 6.07) is 3.99. The Bertz CT molecular complexity index is 836. The molecule has 1 saturated carbocycles. The summed E-state index contributed by atoms with van der Waals surface area (Å²) in [5.74, 6) is 1.77. The van der Waals surface area contributed by atoms with Gasteiger partial charge < -0.3 is 9.42 Å². The van der Waals surface area contributed by atoms with E-state index >= 15 is 0 Å². The molecule has 0 spiro atoms. The minimum absolute atomic E-state index is 0.0834. The maximum atomic E-state index is 12.5. The van der Waals surface area contributed by atoms with E-state index in [9.17, 15) is 4.79 Å². The molecule has 1 aliphatic carbocycles. The number of thiophene rings is 1. The third-order valence-electron chi connectivity index (χ3n) is 3.88. The van der Waals surface area contributed by atoms with Crippen LogP contribution in [0.4, 0.5) is 0 Å². The van der Waals surface area contributed by atoms with Crippen LogP contribution < -0.4 is 0 Å². The predicted molar refractivity (Wildman–Crippen MR) is 92.4 cm³/mol. The van der Waals surface area contributed by atoms with Crippen molar-refractivity contribution in [3.8, 4) is 9.88 Å². The first-order chi connectivity index (χ1) is 11.7. The van der Waals surface area contributed by atoms with Crippen LogP contribution in [0.1, 0.15) is 41.0 Å². The number of hydrogen-bond acceptors (Lipinski definition) is 7. The molecular weight excluding hydrogens is 344 g/mol. The molecule has 0 bridgehead atoms. The summed E-state index contributed by atoms with van der Waals surface area (Å²) in [4.78, 5) is 24.1. The largest absolute Gasteiger partial charge is 0.340 e. The number of carbonyl (C=O) groups excluding carboxylic acids is 1. The highest BCUT2D eigenvalue weighted by atomic mass is 32.1. The molecule has 1 fully saturated rings. The van der Waals surface area contributed by atoms with Crippen LogP contribution >= 0.6 is 22.7 Å². The Kier molecular flexibility index (Phi) is 4.15. The summed E-state index contributed by atoms with van der Waals surface area (Å²) < 4.78 is 5.24. The van der Waals surface area contributed by atoms with E-state index in [2.05, 4.69) is 15.1 Å². The highest BCUT2D eigenvalue weighted by Gasteiger charge is 2.29. The van der Waals surface area contributed by atoms with Crippen molar-refractivity contribution in [2.24, 2.45) is 0 Å². The lowest BCUT2D eigenvalue weighted by atomic mass is 10.3. The van der Waals surface area contributed by atoms with E-state index < -0.39 is 0 Å². The Hall–Kier alpha value is -2.06. The maximum Gasteiger partial charge on any atom is 0.273 e. The standard InChI is InChI=1S/C16H16N4O2S2/c1-20(7-6-13-18-14(22-19-13)10-4-5-10)16(21)11-9-24-15(17-11)12-3-2-8-23-12/h2-3,8-10H,4-7H2,1H3. The first-order valence-electron chi connectivity index (χ1n) is 7.78. The Labute approximate surface area is 147 Å². The Morgan fingerprint density at radius 2 is 2.25 bits per heavy atom. The van der Waals surface area contributed by atoms with Gasteiger partial charge in [0.15, 0.2) is 5.82 Å². The normalized spacial score (nSPS) is 14.0. The SMILES string of the molecule is CN(CCc1noc(C2CC2)n1)C(=O)c1csc(-c2cccs2)n1. The molecule has 1 amide bonds. The van der Waals surface area contributed by atoms with Gasteiger partial charge in [0.05, 0.1) is 4.88 Å². The van der Waals surface area contributed by atoms with Gasteiger partial charge >= 0.3 is 0 Å². The van der Waals surface area contributed by atoms with Gasteiger partial charge in [-0.1, -0.05) is 11.2 Å². The van der Waals surface area contributed by atoms with Gasteiger partial charge in [-0.15, -0.1) is 22.7 Å². The topological polar surface area (TPSA) is 72.1 Å². The van der Waals surface area contributed by atoms with E-state index in [4.69, 9.17) is 4.52 Å². The molecule has 3 aromatic rings. The van der Waals surface area contributed by atoms with E-state index in [-0.39, 0.29) is 5.91 Å². The lowest BCUT2D eigenvalue weighted by Crippen LogP contribution is -2.29. The van der Waals surface area contributed by atoms with Crippen molar-refractivity contribution >= 4 is 28.6 Å². The van der Waals surface area contributed by atoms with Gasteiger partial charge in [0.1, 0.15) is 10.7 Å². The number of nitrogens with zero attached hydrogens (tertiary/aromatic N) is 4. The van der Waals surface area contributed by atoms with E-state index in [0.29, 0.717) is 30.4 Å². The maximum absolute atomic E-state index is 12.5. The number of rotatable bonds is 6. The first-order valence-corrected chi connectivity index (χ1v) is 9.54. The molecule has 0 aliphatic heterocycles. The number of carbonyl (C=O) groups is 1. The van der Waals surface area contributed by atoms with Gasteiger partial charge in [-0.3, -0.25) is 4.79 Å². The van der Waals surface area contributed by atoms with E-state index in [1.165, 1.54) is 11.3 Å². The van der Waals surface area contributed by atoms with Gasteiger partial charge in [-0.05, 0) is 24.3 Å². The van der Waals surface area contributed by atoms with Crippen LogP contribution in [-0.4, -0.2) is 39.5 Å². The molecule has 0 unspecified atom stereocenters. The van der Waals surface area contributed by atoms with Crippen LogP contribution in [0.3, 0.4) is 0 Å². The number of aromatic nitrogens is 3. The second-order valence-electron chi connectivity index (χ2n) is 5.82. The molecule has 0 N–H and O–H groups in total. The minimum atomic E-state index is -0.0834. The quantitative estimate of drug-likeness (QED) is 0.673. The van der Waals surface area contributed by atoms with Gasteiger partial charge in [-0.2, -0.15) is 4.98 Å². The van der Waals surface area contributed by atoms with E-state index in [1.54, 1.807) is 23.3 Å². The van der Waals surface area contributed by atoms with Crippen molar-refractivity contribution in [2.75, 3.05) is 13.6 Å². The van der Waals surface area contributed by atoms with Crippen molar-refractivity contribution in [3.63, 3.8) is 0 Å². The van der Waals surface area contributed by atoms with Gasteiger partial charge in [0.2, 0.25) is 5.89 Å². The van der Waals surface area contributed by atoms with Crippen molar-refractivity contribution in [2.45, 2.75) is 25.2 Å². The molecule has 1 aliphatic rings. The average molecular weight is 360 g/mol. The molecule has 24 heavy (non-hydrogen) atoms. The minimum Gasteiger partial charge on any atom is -0.340 e. The fourth-order valence-electron chi connectivity index (χ4n) is 2.32. The van der Waals surface area contributed by atoms with Crippen LogP contribution in [0.2, 0.25) is 0 Å². The second kappa shape index (κ2) is 6.45. The Morgan fingerprint density at radius 3 is 3.00 bits per heavy atom. The van der Waals surface area contributed by atoms with Crippen LogP contribution in [0.5, 0.6) is 0 Å². The summed E-state index contributed by atoms with van der Waals surface area (Å²) in [5.41, 5.74) is 0.484. The number of hydrogen-bond donors (Lipinski definition) is 0. The molecule has 0 saturated heterocycles. The van der Waals surface area contributed by atoms with Crippen molar-refractivity contribution in [3.05, 3.63) is 40.3 Å². The molecule has 3 aromatic heterocycles. The lowest BCUT2D eigenvalue weighted by Gasteiger charge is -2.14. The summed E-state index contributed by atoms with van der Waals surface area (Å²) >= 11 is 3.12. The monoisotopic (exact) mass is 360 g/mol. The summed E-state index contributed by atoms with van der Waals surface area (Å²) in [6.45, 7) is 0.536. The molecule has 0 atom stereocenters. The van der Waals surface area contributed by atoms with Crippen molar-refractivity contribution in [1.29, 1.82) is 0 Å². The zero-order valence-corrected chi connectivity index (χ0v) is 14.8. The zero-order valence-electron chi connectivity index (χ0n) is 13.1. The molecule has 0 aromatic carbocycles. The molecule has 0 radical (unpaired) electrons. The highest BCUT2D eigenvalue weighted by molar-refractivity contribution is 7.20. The Morgan fingerprint density at radius 1 is 1.38 bits per heavy atom. The fourth-order valence-corrected chi connectivity index (χ4v) is 3.92. The number of likely N-dealkylation sites (N-methyl/N-ethyl adjacent to an activating group) is 1. The molecule has 124 valence electrons. The Balaban J connectivity index is 1.36. The van der Waals surface area contributed by atoms with Crippen LogP contribution in [0.15, 0.2) is 27.4 Å². The van der Waals surface area contributed by atoms with Crippen molar-refractivity contribution < 1.29 is 9.32 Å². The van der Waals surface area contributed by atoms with Crippen LogP contribution in [0.25, 0.3) is 9.88 Å². The van der Waals surface area contributed by atoms with Crippen molar-refractivity contribution in [1.82, 2.24) is 20.0 Å². The third kappa shape index (κ3) is 3.25.